The largest absolute Gasteiger partial charge is 0.586 e. The van der Waals surface area contributed by atoms with E-state index in [9.17, 15) is 26.3 Å². The number of hydrogen-bond donors (Lipinski definition) is 0. The van der Waals surface area contributed by atoms with Gasteiger partial charge in [0, 0.05) is 12.1 Å². The van der Waals surface area contributed by atoms with Crippen molar-refractivity contribution in [1.29, 1.82) is 5.26 Å². The second-order valence-electron chi connectivity index (χ2n) is 6.78. The minimum absolute atomic E-state index is 0.0112. The molecule has 4 rings (SSSR count). The normalized spacial score (nSPS) is 22.0. The highest BCUT2D eigenvalue weighted by molar-refractivity contribution is 6.32. The first-order chi connectivity index (χ1) is 14.0. The monoisotopic (exact) mass is 446 g/mol. The Morgan fingerprint density at radius 1 is 1.13 bits per heavy atom. The van der Waals surface area contributed by atoms with Gasteiger partial charge in [0.2, 0.25) is 0 Å². The number of benzene rings is 2. The summed E-state index contributed by atoms with van der Waals surface area (Å²) in [5, 5.41) is 8.48. The predicted octanol–water partition coefficient (Wildman–Crippen LogP) is 5.37. The third kappa shape index (κ3) is 3.13. The van der Waals surface area contributed by atoms with E-state index in [1.807, 2.05) is 0 Å². The molecule has 0 aliphatic carbocycles. The molecule has 0 amide bonds. The molecule has 30 heavy (non-hydrogen) atoms. The van der Waals surface area contributed by atoms with Crippen molar-refractivity contribution >= 4 is 17.3 Å². The minimum Gasteiger partial charge on any atom is -0.395 e. The summed E-state index contributed by atoms with van der Waals surface area (Å²) in [6.07, 6.45) is -9.55. The fourth-order valence-electron chi connectivity index (χ4n) is 3.45. The lowest BCUT2D eigenvalue weighted by Crippen LogP contribution is -2.43. The van der Waals surface area contributed by atoms with Gasteiger partial charge in [0.1, 0.15) is 17.3 Å². The van der Waals surface area contributed by atoms with Crippen molar-refractivity contribution in [2.24, 2.45) is 4.99 Å². The number of ether oxygens (including phenoxy) is 2. The van der Waals surface area contributed by atoms with Crippen LogP contribution in [0.3, 0.4) is 0 Å². The number of rotatable bonds is 2. The smallest absolute Gasteiger partial charge is 0.395 e. The van der Waals surface area contributed by atoms with Crippen LogP contribution in [-0.4, -0.2) is 24.7 Å². The lowest BCUT2D eigenvalue weighted by molar-refractivity contribution is -0.286. The summed E-state index contributed by atoms with van der Waals surface area (Å²) in [4.78, 5) is 3.96. The van der Waals surface area contributed by atoms with Gasteiger partial charge in [-0.3, -0.25) is 4.99 Å². The third-order valence-electron chi connectivity index (χ3n) is 4.98. The number of nitriles is 1. The van der Waals surface area contributed by atoms with Crippen molar-refractivity contribution < 1.29 is 35.8 Å². The van der Waals surface area contributed by atoms with E-state index in [0.717, 1.165) is 24.3 Å². The number of nitrogens with zero attached hydrogens (tertiary/aromatic N) is 2. The van der Waals surface area contributed by atoms with E-state index in [-0.39, 0.29) is 16.8 Å². The third-order valence-corrected chi connectivity index (χ3v) is 5.26. The van der Waals surface area contributed by atoms with Gasteiger partial charge in [-0.1, -0.05) is 17.7 Å². The summed E-state index contributed by atoms with van der Waals surface area (Å²) in [7, 11) is 0. The number of halogens is 7. The lowest BCUT2D eigenvalue weighted by atomic mass is 9.76. The van der Waals surface area contributed by atoms with Crippen molar-refractivity contribution in [1.82, 2.24) is 0 Å². The first-order valence-corrected chi connectivity index (χ1v) is 8.73. The Balaban J connectivity index is 1.77. The Kier molecular flexibility index (Phi) is 4.43. The minimum atomic E-state index is -4.84. The molecule has 0 saturated carbocycles. The highest BCUT2D eigenvalue weighted by atomic mass is 35.5. The zero-order chi connectivity index (χ0) is 21.9. The van der Waals surface area contributed by atoms with E-state index in [4.69, 9.17) is 16.9 Å². The highest BCUT2D eigenvalue weighted by Gasteiger charge is 2.59. The number of aliphatic imine (C=N–C) groups is 1. The second kappa shape index (κ2) is 6.54. The van der Waals surface area contributed by atoms with Gasteiger partial charge in [-0.15, -0.1) is 8.78 Å². The molecule has 2 aliphatic rings. The first-order valence-electron chi connectivity index (χ1n) is 8.36. The predicted molar refractivity (Wildman–Crippen MR) is 92.5 cm³/mol. The molecule has 2 aromatic rings. The van der Waals surface area contributed by atoms with Crippen LogP contribution in [0.25, 0.3) is 0 Å². The quantitative estimate of drug-likeness (QED) is 0.583. The Bertz CT molecular complexity index is 1130. The van der Waals surface area contributed by atoms with Gasteiger partial charge in [-0.25, -0.2) is 4.39 Å². The van der Waals surface area contributed by atoms with Gasteiger partial charge in [0.25, 0.3) is 0 Å². The SMILES string of the molecule is N#Cc1cc(C2=NCC(c3cc(Cl)c4c(c3)OC(F)(F)O4)(C(F)(F)F)C2)ccc1F. The summed E-state index contributed by atoms with van der Waals surface area (Å²) in [6.45, 7) is -0.753. The van der Waals surface area contributed by atoms with Crippen LogP contribution in [0.5, 0.6) is 11.5 Å². The maximum absolute atomic E-state index is 14.2. The van der Waals surface area contributed by atoms with E-state index < -0.39 is 58.8 Å². The number of hydrogen-bond acceptors (Lipinski definition) is 4. The summed E-state index contributed by atoms with van der Waals surface area (Å²) in [5.74, 6) is -1.99. The maximum Gasteiger partial charge on any atom is 0.586 e. The molecule has 2 aromatic carbocycles. The van der Waals surface area contributed by atoms with Crippen molar-refractivity contribution in [3.63, 3.8) is 0 Å². The second-order valence-corrected chi connectivity index (χ2v) is 7.19. The Labute approximate surface area is 170 Å². The van der Waals surface area contributed by atoms with E-state index >= 15 is 0 Å². The van der Waals surface area contributed by atoms with Gasteiger partial charge in [-0.05, 0) is 35.4 Å². The molecular weight excluding hydrogens is 438 g/mol. The zero-order valence-electron chi connectivity index (χ0n) is 14.7. The molecule has 1 atom stereocenters. The molecule has 0 radical (unpaired) electrons. The molecule has 0 spiro atoms. The van der Waals surface area contributed by atoms with Crippen molar-refractivity contribution in [2.75, 3.05) is 6.54 Å². The molecular formula is C19H9ClF6N2O2. The standard InChI is InChI=1S/C19H9ClF6N2O2/c20-12-4-11(5-15-16(12)30-19(25,26)29-15)17(18(22,23)24)6-14(28-8-17)9-1-2-13(21)10(3-9)7-27/h1-5H,6,8H2. The summed E-state index contributed by atoms with van der Waals surface area (Å²) < 4.78 is 91.3. The van der Waals surface area contributed by atoms with Gasteiger partial charge in [-0.2, -0.15) is 18.4 Å². The fourth-order valence-corrected chi connectivity index (χ4v) is 3.70. The van der Waals surface area contributed by atoms with Gasteiger partial charge in [0.15, 0.2) is 11.5 Å². The van der Waals surface area contributed by atoms with Crippen LogP contribution in [0.1, 0.15) is 23.1 Å². The molecule has 0 saturated heterocycles. The molecule has 2 aliphatic heterocycles. The average molecular weight is 447 g/mol. The Morgan fingerprint density at radius 2 is 1.87 bits per heavy atom. The number of alkyl halides is 5. The molecule has 156 valence electrons. The molecule has 0 fully saturated rings. The van der Waals surface area contributed by atoms with Crippen LogP contribution < -0.4 is 9.47 Å². The van der Waals surface area contributed by atoms with Crippen LogP contribution in [0.15, 0.2) is 35.3 Å². The molecule has 1 unspecified atom stereocenters. The summed E-state index contributed by atoms with van der Waals surface area (Å²) in [5.41, 5.74) is -3.21. The van der Waals surface area contributed by atoms with Crippen LogP contribution in [0.4, 0.5) is 26.3 Å². The fraction of sp³-hybridized carbons (Fsp3) is 0.263. The van der Waals surface area contributed by atoms with Gasteiger partial charge in [0.05, 0.1) is 17.1 Å². The van der Waals surface area contributed by atoms with Crippen molar-refractivity contribution in [2.45, 2.75) is 24.3 Å². The van der Waals surface area contributed by atoms with Crippen LogP contribution in [-0.2, 0) is 5.41 Å². The molecule has 4 nitrogen and oxygen atoms in total. The van der Waals surface area contributed by atoms with Crippen LogP contribution >= 0.6 is 11.6 Å². The first kappa shape index (κ1) is 20.3. The summed E-state index contributed by atoms with van der Waals surface area (Å²) in [6, 6.07) is 6.59. The molecule has 0 aromatic heterocycles. The summed E-state index contributed by atoms with van der Waals surface area (Å²) >= 11 is 5.88. The van der Waals surface area contributed by atoms with Crippen molar-refractivity contribution in [3.8, 4) is 17.6 Å². The van der Waals surface area contributed by atoms with E-state index in [2.05, 4.69) is 14.5 Å². The molecule has 0 N–H and O–H groups in total. The van der Waals surface area contributed by atoms with Gasteiger partial charge >= 0.3 is 12.5 Å². The van der Waals surface area contributed by atoms with E-state index in [1.54, 1.807) is 6.07 Å². The van der Waals surface area contributed by atoms with Gasteiger partial charge < -0.3 is 9.47 Å². The number of fused-ring (bicyclic) bond motifs is 1. The average Bonchev–Trinajstić information content (AvgIpc) is 3.23. The van der Waals surface area contributed by atoms with Crippen LogP contribution in [0, 0.1) is 17.1 Å². The zero-order valence-corrected chi connectivity index (χ0v) is 15.4. The molecule has 0 bridgehead atoms. The van der Waals surface area contributed by atoms with Crippen LogP contribution in [0.2, 0.25) is 5.02 Å². The van der Waals surface area contributed by atoms with Crippen molar-refractivity contribution in [3.05, 3.63) is 57.9 Å². The lowest BCUT2D eigenvalue weighted by Gasteiger charge is -2.31. The maximum atomic E-state index is 14.2. The Hall–Kier alpha value is -2.93. The molecule has 11 heteroatoms. The molecule has 2 heterocycles. The Morgan fingerprint density at radius 3 is 2.53 bits per heavy atom. The van der Waals surface area contributed by atoms with E-state index in [0.29, 0.717) is 0 Å². The highest BCUT2D eigenvalue weighted by Crippen LogP contribution is 2.53. The topological polar surface area (TPSA) is 54.6 Å². The van der Waals surface area contributed by atoms with E-state index in [1.165, 1.54) is 6.07 Å².